The van der Waals surface area contributed by atoms with E-state index in [-0.39, 0.29) is 21.8 Å². The van der Waals surface area contributed by atoms with Crippen LogP contribution in [0, 0.1) is 6.92 Å². The van der Waals surface area contributed by atoms with Crippen molar-refractivity contribution in [2.45, 2.75) is 6.92 Å². The lowest BCUT2D eigenvalue weighted by atomic mass is 10.2. The Hall–Kier alpha value is -2.73. The third kappa shape index (κ3) is 3.12. The van der Waals surface area contributed by atoms with Crippen LogP contribution in [0.5, 0.6) is 0 Å². The van der Waals surface area contributed by atoms with Gasteiger partial charge in [-0.1, -0.05) is 12.1 Å². The first-order chi connectivity index (χ1) is 10.6. The molecular formula is C16H13N3O2S. The van der Waals surface area contributed by atoms with Gasteiger partial charge in [-0.05, 0) is 42.2 Å². The fraction of sp³-hybridized carbons (Fsp3) is 0.0625. The zero-order valence-electron chi connectivity index (χ0n) is 11.8. The van der Waals surface area contributed by atoms with E-state index in [4.69, 9.17) is 0 Å². The van der Waals surface area contributed by atoms with E-state index in [2.05, 4.69) is 15.0 Å². The van der Waals surface area contributed by atoms with Crippen molar-refractivity contribution in [3.63, 3.8) is 0 Å². The van der Waals surface area contributed by atoms with E-state index >= 15 is 0 Å². The van der Waals surface area contributed by atoms with Crippen molar-refractivity contribution in [2.75, 3.05) is 0 Å². The van der Waals surface area contributed by atoms with Crippen LogP contribution in [0.1, 0.15) is 16.1 Å². The lowest BCUT2D eigenvalue weighted by Gasteiger charge is -1.94. The fourth-order valence-electron chi connectivity index (χ4n) is 1.92. The third-order valence-electron chi connectivity index (χ3n) is 3.04. The van der Waals surface area contributed by atoms with Crippen molar-refractivity contribution >= 4 is 23.5 Å². The normalized spacial score (nSPS) is 12.8. The molecule has 0 amide bonds. The van der Waals surface area contributed by atoms with Crippen LogP contribution in [0.4, 0.5) is 0 Å². The van der Waals surface area contributed by atoms with Gasteiger partial charge in [-0.2, -0.15) is 0 Å². The molecule has 6 heteroatoms. The van der Waals surface area contributed by atoms with Crippen LogP contribution in [0.25, 0.3) is 12.2 Å². The van der Waals surface area contributed by atoms with E-state index in [0.717, 1.165) is 10.4 Å². The maximum atomic E-state index is 12.1. The van der Waals surface area contributed by atoms with Crippen molar-refractivity contribution in [1.29, 1.82) is 0 Å². The number of hydrogen-bond donors (Lipinski definition) is 2. The highest BCUT2D eigenvalue weighted by Crippen LogP contribution is 2.07. The van der Waals surface area contributed by atoms with Crippen molar-refractivity contribution in [3.8, 4) is 0 Å². The van der Waals surface area contributed by atoms with Crippen LogP contribution in [-0.4, -0.2) is 15.0 Å². The second kappa shape index (κ2) is 5.95. The van der Waals surface area contributed by atoms with E-state index in [1.165, 1.54) is 11.3 Å². The minimum atomic E-state index is -0.357. The van der Waals surface area contributed by atoms with Gasteiger partial charge in [0.05, 0.1) is 5.69 Å². The SMILES string of the molecule is Cc1ccc(/C=c2\[nH]c(=O)/c(=C\c3cccs3)[nH]c2=O)nc1. The molecule has 0 saturated carbocycles. The smallest absolute Gasteiger partial charge is 0.272 e. The molecule has 3 rings (SSSR count). The van der Waals surface area contributed by atoms with E-state index in [1.54, 1.807) is 24.4 Å². The number of nitrogens with zero attached hydrogens (tertiary/aromatic N) is 1. The van der Waals surface area contributed by atoms with Crippen LogP contribution in [-0.2, 0) is 0 Å². The Labute approximate surface area is 129 Å². The van der Waals surface area contributed by atoms with Gasteiger partial charge in [0.15, 0.2) is 0 Å². The molecule has 22 heavy (non-hydrogen) atoms. The summed E-state index contributed by atoms with van der Waals surface area (Å²) in [4.78, 5) is 34.5. The zero-order chi connectivity index (χ0) is 15.5. The highest BCUT2D eigenvalue weighted by molar-refractivity contribution is 7.10. The van der Waals surface area contributed by atoms with Crippen LogP contribution in [0.2, 0.25) is 0 Å². The Balaban J connectivity index is 2.13. The molecule has 0 aliphatic carbocycles. The molecule has 0 aromatic carbocycles. The summed E-state index contributed by atoms with van der Waals surface area (Å²) in [6.45, 7) is 1.93. The van der Waals surface area contributed by atoms with Crippen LogP contribution >= 0.6 is 11.3 Å². The number of nitrogens with one attached hydrogen (secondary N) is 2. The van der Waals surface area contributed by atoms with Gasteiger partial charge in [-0.15, -0.1) is 11.3 Å². The molecule has 5 nitrogen and oxygen atoms in total. The lowest BCUT2D eigenvalue weighted by Crippen LogP contribution is -2.46. The average Bonchev–Trinajstić information content (AvgIpc) is 2.99. The minimum Gasteiger partial charge on any atom is -0.316 e. The number of thiophene rings is 1. The summed E-state index contributed by atoms with van der Waals surface area (Å²) < 4.78 is 0. The molecule has 3 aromatic rings. The molecule has 0 spiro atoms. The summed E-state index contributed by atoms with van der Waals surface area (Å²) in [7, 11) is 0. The summed E-state index contributed by atoms with van der Waals surface area (Å²) >= 11 is 1.49. The molecule has 0 fully saturated rings. The van der Waals surface area contributed by atoms with Gasteiger partial charge >= 0.3 is 0 Å². The predicted molar refractivity (Wildman–Crippen MR) is 87.4 cm³/mol. The molecule has 0 aliphatic rings. The number of aryl methyl sites for hydroxylation is 1. The number of aromatic amines is 2. The minimum absolute atomic E-state index is 0.185. The van der Waals surface area contributed by atoms with Gasteiger partial charge in [0, 0.05) is 11.1 Å². The standard InChI is InChI=1S/C16H13N3O2S/c1-10-4-5-11(17-9-10)7-13-15(20)19-14(16(21)18-13)8-12-3-2-6-22-12/h2-9H,1H3,(H,18,21)(H,19,20)/b13-7-,14-8+. The molecule has 0 radical (unpaired) electrons. The molecule has 110 valence electrons. The molecule has 2 N–H and O–H groups in total. The maximum absolute atomic E-state index is 12.1. The number of pyridine rings is 1. The van der Waals surface area contributed by atoms with E-state index in [9.17, 15) is 9.59 Å². The van der Waals surface area contributed by atoms with Crippen LogP contribution in [0.15, 0.2) is 45.4 Å². The Morgan fingerprint density at radius 3 is 2.36 bits per heavy atom. The second-order valence-corrected chi connectivity index (χ2v) is 5.78. The highest BCUT2D eigenvalue weighted by Gasteiger charge is 1.97. The quantitative estimate of drug-likeness (QED) is 0.723. The van der Waals surface area contributed by atoms with Gasteiger partial charge in [-0.3, -0.25) is 14.6 Å². The summed E-state index contributed by atoms with van der Waals surface area (Å²) in [5, 5.41) is 2.33. The molecule has 0 unspecified atom stereocenters. The maximum Gasteiger partial charge on any atom is 0.272 e. The van der Waals surface area contributed by atoms with Crippen molar-refractivity contribution in [2.24, 2.45) is 0 Å². The van der Waals surface area contributed by atoms with Crippen molar-refractivity contribution in [1.82, 2.24) is 15.0 Å². The average molecular weight is 311 g/mol. The zero-order valence-corrected chi connectivity index (χ0v) is 12.6. The molecule has 0 aliphatic heterocycles. The molecule has 0 bridgehead atoms. The molecular weight excluding hydrogens is 298 g/mol. The first-order valence-electron chi connectivity index (χ1n) is 6.64. The molecule has 3 heterocycles. The number of H-pyrrole nitrogens is 2. The summed E-state index contributed by atoms with van der Waals surface area (Å²) in [5.41, 5.74) is 0.943. The van der Waals surface area contributed by atoms with E-state index in [1.807, 2.05) is 30.5 Å². The van der Waals surface area contributed by atoms with Crippen LogP contribution < -0.4 is 21.8 Å². The summed E-state index contributed by atoms with van der Waals surface area (Å²) in [6, 6.07) is 7.44. The topological polar surface area (TPSA) is 78.6 Å². The first-order valence-corrected chi connectivity index (χ1v) is 7.52. The van der Waals surface area contributed by atoms with Gasteiger partial charge in [0.25, 0.3) is 11.1 Å². The van der Waals surface area contributed by atoms with Crippen LogP contribution in [0.3, 0.4) is 0 Å². The number of hydrogen-bond acceptors (Lipinski definition) is 4. The summed E-state index contributed by atoms with van der Waals surface area (Å²) in [5.74, 6) is 0. The lowest BCUT2D eigenvalue weighted by molar-refractivity contribution is 1.00. The van der Waals surface area contributed by atoms with Gasteiger partial charge < -0.3 is 9.97 Å². The molecule has 0 atom stereocenters. The second-order valence-electron chi connectivity index (χ2n) is 4.80. The Kier molecular flexibility index (Phi) is 3.84. The number of aromatic nitrogens is 3. The fourth-order valence-corrected chi connectivity index (χ4v) is 2.58. The largest absolute Gasteiger partial charge is 0.316 e. The van der Waals surface area contributed by atoms with Gasteiger partial charge in [-0.25, -0.2) is 0 Å². The van der Waals surface area contributed by atoms with Crippen molar-refractivity contribution in [3.05, 3.63) is 83.4 Å². The Bertz CT molecular complexity index is 1010. The highest BCUT2D eigenvalue weighted by atomic mass is 32.1. The Morgan fingerprint density at radius 2 is 1.77 bits per heavy atom. The number of rotatable bonds is 2. The third-order valence-corrected chi connectivity index (χ3v) is 3.86. The van der Waals surface area contributed by atoms with E-state index < -0.39 is 0 Å². The molecule has 3 aromatic heterocycles. The predicted octanol–water partition coefficient (Wildman–Crippen LogP) is 0.486. The Morgan fingerprint density at radius 1 is 1.05 bits per heavy atom. The van der Waals surface area contributed by atoms with Gasteiger partial charge in [0.1, 0.15) is 10.7 Å². The van der Waals surface area contributed by atoms with E-state index in [0.29, 0.717) is 5.69 Å². The summed E-state index contributed by atoms with van der Waals surface area (Å²) in [6.07, 6.45) is 4.91. The monoisotopic (exact) mass is 311 g/mol. The van der Waals surface area contributed by atoms with Crippen molar-refractivity contribution < 1.29 is 0 Å². The van der Waals surface area contributed by atoms with Gasteiger partial charge in [0.2, 0.25) is 0 Å². The molecule has 0 saturated heterocycles. The first kappa shape index (κ1) is 14.2.